The highest BCUT2D eigenvalue weighted by molar-refractivity contribution is 6.18. The van der Waals surface area contributed by atoms with Gasteiger partial charge in [0, 0.05) is 14.2 Å². The van der Waals surface area contributed by atoms with Crippen LogP contribution < -0.4 is 0 Å². The summed E-state index contributed by atoms with van der Waals surface area (Å²) >= 11 is 5.36. The van der Waals surface area contributed by atoms with E-state index in [1.807, 2.05) is 6.07 Å². The van der Waals surface area contributed by atoms with E-state index in [-0.39, 0.29) is 12.6 Å². The Morgan fingerprint density at radius 1 is 1.27 bits per heavy atom. The molecule has 0 bridgehead atoms. The lowest BCUT2D eigenvalue weighted by molar-refractivity contribution is 0.0529. The summed E-state index contributed by atoms with van der Waals surface area (Å²) in [5, 5.41) is 0. The Labute approximate surface area is 95.0 Å². The zero-order valence-corrected chi connectivity index (χ0v) is 9.66. The molecule has 0 amide bonds. The summed E-state index contributed by atoms with van der Waals surface area (Å²) in [6, 6.07) is 8.83. The summed E-state index contributed by atoms with van der Waals surface area (Å²) < 4.78 is 9.06. The lowest BCUT2D eigenvalue weighted by atomic mass is 10.2. The highest BCUT2D eigenvalue weighted by Crippen LogP contribution is 2.00. The lowest BCUT2D eigenvalue weighted by Gasteiger charge is -2.00. The van der Waals surface area contributed by atoms with Crippen molar-refractivity contribution in [3.63, 3.8) is 0 Å². The van der Waals surface area contributed by atoms with Gasteiger partial charge in [0.25, 0.3) is 0 Å². The van der Waals surface area contributed by atoms with E-state index in [0.717, 1.165) is 0 Å². The topological polar surface area (TPSA) is 35.5 Å². The fraction of sp³-hybridized carbons (Fsp3) is 0.364. The molecule has 4 heteroatoms. The Hall–Kier alpha value is -1.06. The van der Waals surface area contributed by atoms with Crippen LogP contribution in [0.1, 0.15) is 10.4 Å². The molecule has 0 aliphatic heterocycles. The average Bonchev–Trinajstić information content (AvgIpc) is 2.28. The molecule has 0 saturated carbocycles. The second kappa shape index (κ2) is 9.49. The summed E-state index contributed by atoms with van der Waals surface area (Å²) in [5.74, 6) is 0.00900. The van der Waals surface area contributed by atoms with Crippen molar-refractivity contribution in [1.82, 2.24) is 0 Å². The molecular weight excluding hydrogens is 216 g/mol. The number of methoxy groups -OCH3 is 1. The maximum Gasteiger partial charge on any atom is 0.338 e. The summed E-state index contributed by atoms with van der Waals surface area (Å²) in [6.45, 7) is 0.259. The van der Waals surface area contributed by atoms with E-state index < -0.39 is 0 Å². The molecule has 0 aliphatic carbocycles. The van der Waals surface area contributed by atoms with Crippen molar-refractivity contribution in [2.24, 2.45) is 0 Å². The van der Waals surface area contributed by atoms with E-state index in [1.54, 1.807) is 38.5 Å². The number of halogens is 1. The van der Waals surface area contributed by atoms with Crippen molar-refractivity contribution < 1.29 is 14.3 Å². The second-order valence-electron chi connectivity index (χ2n) is 2.60. The lowest BCUT2D eigenvalue weighted by Crippen LogP contribution is -2.06. The third kappa shape index (κ3) is 6.94. The maximum atomic E-state index is 11.1. The van der Waals surface area contributed by atoms with Crippen molar-refractivity contribution in [3.8, 4) is 0 Å². The molecule has 0 heterocycles. The molecule has 0 unspecified atom stereocenters. The quantitative estimate of drug-likeness (QED) is 0.591. The summed E-state index contributed by atoms with van der Waals surface area (Å²) in [6.07, 6.45) is 0. The van der Waals surface area contributed by atoms with Crippen LogP contribution in [0.4, 0.5) is 0 Å². The van der Waals surface area contributed by atoms with Gasteiger partial charge in [0.2, 0.25) is 0 Å². The van der Waals surface area contributed by atoms with Gasteiger partial charge < -0.3 is 9.47 Å². The van der Waals surface area contributed by atoms with Crippen LogP contribution in [-0.4, -0.2) is 32.7 Å². The fourth-order valence-electron chi connectivity index (χ4n) is 0.789. The van der Waals surface area contributed by atoms with Crippen molar-refractivity contribution in [3.05, 3.63) is 35.9 Å². The summed E-state index contributed by atoms with van der Waals surface area (Å²) in [7, 11) is 3.25. The normalized spacial score (nSPS) is 8.73. The number of carbonyl (C=O) groups is 1. The Balaban J connectivity index is 0.000000583. The molecule has 0 fully saturated rings. The number of hydrogen-bond donors (Lipinski definition) is 0. The van der Waals surface area contributed by atoms with Gasteiger partial charge in [-0.3, -0.25) is 0 Å². The van der Waals surface area contributed by atoms with Crippen molar-refractivity contribution in [2.75, 3.05) is 26.7 Å². The molecule has 0 N–H and O–H groups in total. The molecule has 0 spiro atoms. The van der Waals surface area contributed by atoms with E-state index in [4.69, 9.17) is 16.3 Å². The minimum absolute atomic E-state index is 0.259. The maximum absolute atomic E-state index is 11.1. The largest absolute Gasteiger partial charge is 0.461 e. The SMILES string of the molecule is COC.O=C(OCCCl)c1ccccc1. The van der Waals surface area contributed by atoms with Crippen molar-refractivity contribution >= 4 is 17.6 Å². The Morgan fingerprint density at radius 2 is 1.80 bits per heavy atom. The first kappa shape index (κ1) is 13.9. The van der Waals surface area contributed by atoms with Crippen LogP contribution in [0.2, 0.25) is 0 Å². The van der Waals surface area contributed by atoms with E-state index in [9.17, 15) is 4.79 Å². The number of benzene rings is 1. The molecule has 0 atom stereocenters. The predicted octanol–water partition coefficient (Wildman–Crippen LogP) is 2.34. The molecule has 0 aromatic heterocycles. The smallest absolute Gasteiger partial charge is 0.338 e. The zero-order chi connectivity index (χ0) is 11.5. The molecule has 15 heavy (non-hydrogen) atoms. The summed E-state index contributed by atoms with van der Waals surface area (Å²) in [5.41, 5.74) is 0.558. The van der Waals surface area contributed by atoms with Crippen LogP contribution in [-0.2, 0) is 9.47 Å². The van der Waals surface area contributed by atoms with E-state index in [0.29, 0.717) is 11.4 Å². The van der Waals surface area contributed by atoms with Crippen LogP contribution in [0, 0.1) is 0 Å². The average molecular weight is 231 g/mol. The van der Waals surface area contributed by atoms with Crippen LogP contribution in [0.15, 0.2) is 30.3 Å². The van der Waals surface area contributed by atoms with Crippen LogP contribution in [0.3, 0.4) is 0 Å². The molecule has 84 valence electrons. The molecular formula is C11H15ClO3. The van der Waals surface area contributed by atoms with E-state index in [2.05, 4.69) is 4.74 Å². The highest BCUT2D eigenvalue weighted by atomic mass is 35.5. The number of rotatable bonds is 3. The Morgan fingerprint density at radius 3 is 2.27 bits per heavy atom. The number of carbonyl (C=O) groups excluding carboxylic acids is 1. The Bertz CT molecular complexity index is 262. The predicted molar refractivity (Wildman–Crippen MR) is 60.4 cm³/mol. The van der Waals surface area contributed by atoms with Gasteiger partial charge in [0.1, 0.15) is 6.61 Å². The van der Waals surface area contributed by atoms with Crippen LogP contribution in [0.5, 0.6) is 0 Å². The first-order valence-corrected chi connectivity index (χ1v) is 4.98. The minimum atomic E-state index is -0.323. The third-order valence-electron chi connectivity index (χ3n) is 1.32. The van der Waals surface area contributed by atoms with Gasteiger partial charge in [0.05, 0.1) is 11.4 Å². The van der Waals surface area contributed by atoms with Gasteiger partial charge in [-0.15, -0.1) is 11.6 Å². The molecule has 3 nitrogen and oxygen atoms in total. The standard InChI is InChI=1S/C9H9ClO2.C2H6O/c10-6-7-12-9(11)8-4-2-1-3-5-8;1-3-2/h1-5H,6-7H2;1-2H3. The molecule has 1 rings (SSSR count). The molecule has 1 aromatic rings. The van der Waals surface area contributed by atoms with Gasteiger partial charge in [-0.1, -0.05) is 18.2 Å². The highest BCUT2D eigenvalue weighted by Gasteiger charge is 2.03. The second-order valence-corrected chi connectivity index (χ2v) is 2.98. The number of esters is 1. The molecule has 1 aromatic carbocycles. The monoisotopic (exact) mass is 230 g/mol. The van der Waals surface area contributed by atoms with Gasteiger partial charge in [-0.2, -0.15) is 0 Å². The number of alkyl halides is 1. The fourth-order valence-corrected chi connectivity index (χ4v) is 0.866. The molecule has 0 radical (unpaired) electrons. The van der Waals surface area contributed by atoms with Gasteiger partial charge >= 0.3 is 5.97 Å². The van der Waals surface area contributed by atoms with Crippen LogP contribution in [0.25, 0.3) is 0 Å². The van der Waals surface area contributed by atoms with Gasteiger partial charge in [-0.25, -0.2) is 4.79 Å². The zero-order valence-electron chi connectivity index (χ0n) is 8.90. The third-order valence-corrected chi connectivity index (χ3v) is 1.47. The van der Waals surface area contributed by atoms with Crippen LogP contribution >= 0.6 is 11.6 Å². The van der Waals surface area contributed by atoms with Gasteiger partial charge in [-0.05, 0) is 12.1 Å². The Kier molecular flexibility index (Phi) is 8.82. The van der Waals surface area contributed by atoms with E-state index >= 15 is 0 Å². The number of ether oxygens (including phenoxy) is 2. The first-order valence-electron chi connectivity index (χ1n) is 4.44. The van der Waals surface area contributed by atoms with E-state index in [1.165, 1.54) is 0 Å². The van der Waals surface area contributed by atoms with Gasteiger partial charge in [0.15, 0.2) is 0 Å². The summed E-state index contributed by atoms with van der Waals surface area (Å²) in [4.78, 5) is 11.1. The minimum Gasteiger partial charge on any atom is -0.461 e. The molecule has 0 saturated heterocycles. The van der Waals surface area contributed by atoms with Crippen molar-refractivity contribution in [2.45, 2.75) is 0 Å². The number of hydrogen-bond acceptors (Lipinski definition) is 3. The van der Waals surface area contributed by atoms with Crippen molar-refractivity contribution in [1.29, 1.82) is 0 Å². The molecule has 0 aliphatic rings. The first-order chi connectivity index (χ1) is 7.26.